The van der Waals surface area contributed by atoms with Crippen molar-refractivity contribution in [1.82, 2.24) is 0 Å². The van der Waals surface area contributed by atoms with Crippen molar-refractivity contribution in [3.8, 4) is 0 Å². The van der Waals surface area contributed by atoms with Crippen molar-refractivity contribution in [1.29, 1.82) is 0 Å². The second-order valence-electron chi connectivity index (χ2n) is 19.1. The van der Waals surface area contributed by atoms with E-state index in [2.05, 4.69) is 20.8 Å². The zero-order valence-corrected chi connectivity index (χ0v) is 37.2. The molecule has 5 aliphatic heterocycles. The summed E-state index contributed by atoms with van der Waals surface area (Å²) in [7, 11) is 0. The first kappa shape index (κ1) is 47.1. The van der Waals surface area contributed by atoms with Gasteiger partial charge in [-0.1, -0.05) is 62.3 Å². The molecule has 0 bridgehead atoms. The van der Waals surface area contributed by atoms with Gasteiger partial charge in [0.15, 0.2) is 11.9 Å². The van der Waals surface area contributed by atoms with Crippen molar-refractivity contribution in [3.63, 3.8) is 0 Å². The van der Waals surface area contributed by atoms with E-state index >= 15 is 0 Å². The first-order valence-corrected chi connectivity index (χ1v) is 22.7. The second kappa shape index (κ2) is 18.6. The van der Waals surface area contributed by atoms with Crippen molar-refractivity contribution in [2.24, 2.45) is 41.4 Å². The lowest BCUT2D eigenvalue weighted by Crippen LogP contribution is -2.63. The average molecular weight is 821 g/mol. The number of ether oxygens (including phenoxy) is 6. The average Bonchev–Trinajstić information content (AvgIpc) is 3.52. The third-order valence-corrected chi connectivity index (χ3v) is 15.1. The Morgan fingerprint density at radius 3 is 2.17 bits per heavy atom. The largest absolute Gasteiger partial charge is 0.481 e. The first-order chi connectivity index (χ1) is 27.2. The number of aliphatic hydroxyl groups is 2. The summed E-state index contributed by atoms with van der Waals surface area (Å²) in [6, 6.07) is 0. The van der Waals surface area contributed by atoms with Gasteiger partial charge >= 0.3 is 11.9 Å². The highest BCUT2D eigenvalue weighted by Crippen LogP contribution is 2.54. The van der Waals surface area contributed by atoms with E-state index in [1.54, 1.807) is 6.92 Å². The van der Waals surface area contributed by atoms with Crippen LogP contribution in [0.4, 0.5) is 0 Å². The smallest absolute Gasteiger partial charge is 0.309 e. The molecule has 5 rings (SSSR count). The molecule has 12 heteroatoms. The molecule has 4 fully saturated rings. The minimum absolute atomic E-state index is 0.0157. The molecule has 0 radical (unpaired) electrons. The molecule has 3 N–H and O–H groups in total. The summed E-state index contributed by atoms with van der Waals surface area (Å²) in [4.78, 5) is 39.6. The Hall–Kier alpha value is -1.93. The van der Waals surface area contributed by atoms with Gasteiger partial charge in [0.25, 0.3) is 0 Å². The minimum Gasteiger partial charge on any atom is -0.481 e. The van der Waals surface area contributed by atoms with Crippen LogP contribution in [0.5, 0.6) is 0 Å². The minimum atomic E-state index is -1.38. The third kappa shape index (κ3) is 9.14. The van der Waals surface area contributed by atoms with Crippen LogP contribution in [0.25, 0.3) is 0 Å². The van der Waals surface area contributed by atoms with E-state index in [1.807, 2.05) is 60.6 Å². The highest BCUT2D eigenvalue weighted by molar-refractivity contribution is 5.84. The number of hydrogen-bond acceptors (Lipinski definition) is 11. The SMILES string of the molecule is CCCC(=O)O[C@@H]1C=C[C@]2(O[C@H]([C@@H](CC)C(=O)[C@@H](C)[C@@H](O)[C@H](C)[C@@H]3O[C@@H]([C@@H](CC)C(=O)O)CC[C@@H]3C)[C@@H](C)C[C@H]2C)O[C@@]12CC[C@@](C)([C@H]1CC[C@](O)(CC)[C@H](C)O1)O2. The summed E-state index contributed by atoms with van der Waals surface area (Å²) >= 11 is 0. The van der Waals surface area contributed by atoms with Crippen LogP contribution in [0.2, 0.25) is 0 Å². The van der Waals surface area contributed by atoms with E-state index < -0.39 is 76.8 Å². The highest BCUT2D eigenvalue weighted by atomic mass is 16.8. The van der Waals surface area contributed by atoms with Crippen molar-refractivity contribution >= 4 is 17.7 Å². The molecule has 12 nitrogen and oxygen atoms in total. The molecule has 332 valence electrons. The van der Waals surface area contributed by atoms with Crippen molar-refractivity contribution in [3.05, 3.63) is 12.2 Å². The maximum Gasteiger partial charge on any atom is 0.309 e. The number of ketones is 1. The number of carbonyl (C=O) groups excluding carboxylic acids is 2. The normalized spacial score (nSPS) is 43.1. The van der Waals surface area contributed by atoms with Crippen molar-refractivity contribution in [2.75, 3.05) is 0 Å². The molecule has 0 aromatic carbocycles. The van der Waals surface area contributed by atoms with Gasteiger partial charge in [-0.05, 0) is 102 Å². The van der Waals surface area contributed by atoms with E-state index in [4.69, 9.17) is 28.4 Å². The number of aliphatic carboxylic acids is 1. The summed E-state index contributed by atoms with van der Waals surface area (Å²) in [6.07, 6.45) is 6.46. The van der Waals surface area contributed by atoms with Gasteiger partial charge in [-0.2, -0.15) is 0 Å². The van der Waals surface area contributed by atoms with Gasteiger partial charge in [0.1, 0.15) is 5.78 Å². The van der Waals surface area contributed by atoms with Crippen LogP contribution in [-0.4, -0.2) is 98.5 Å². The highest BCUT2D eigenvalue weighted by Gasteiger charge is 2.64. The zero-order valence-electron chi connectivity index (χ0n) is 37.2. The van der Waals surface area contributed by atoms with E-state index in [1.165, 1.54) is 0 Å². The first-order valence-electron chi connectivity index (χ1n) is 22.7. The number of carboxylic acids is 1. The van der Waals surface area contributed by atoms with Gasteiger partial charge in [-0.15, -0.1) is 0 Å². The predicted octanol–water partition coefficient (Wildman–Crippen LogP) is 7.54. The summed E-state index contributed by atoms with van der Waals surface area (Å²) in [6.45, 7) is 21.5. The van der Waals surface area contributed by atoms with Gasteiger partial charge in [0.2, 0.25) is 5.79 Å². The molecule has 18 atom stereocenters. The lowest BCUT2D eigenvalue weighted by molar-refractivity contribution is -0.409. The Bertz CT molecular complexity index is 1470. The third-order valence-electron chi connectivity index (χ3n) is 15.1. The number of carbonyl (C=O) groups is 3. The molecule has 0 aliphatic carbocycles. The van der Waals surface area contributed by atoms with Gasteiger partial charge in [0.05, 0.1) is 53.7 Å². The Morgan fingerprint density at radius 1 is 0.879 bits per heavy atom. The van der Waals surface area contributed by atoms with Gasteiger partial charge in [0, 0.05) is 36.5 Å². The summed E-state index contributed by atoms with van der Waals surface area (Å²) < 4.78 is 40.3. The Morgan fingerprint density at radius 2 is 1.57 bits per heavy atom. The molecule has 5 aliphatic rings. The van der Waals surface area contributed by atoms with Crippen LogP contribution in [0.15, 0.2) is 12.2 Å². The molecule has 0 aromatic heterocycles. The maximum absolute atomic E-state index is 14.6. The maximum atomic E-state index is 14.6. The molecule has 0 aromatic rings. The van der Waals surface area contributed by atoms with Crippen LogP contribution < -0.4 is 0 Å². The fraction of sp³-hybridized carbons (Fsp3) is 0.891. The molecular formula is C46H76O12. The number of esters is 1. The second-order valence-corrected chi connectivity index (χ2v) is 19.1. The van der Waals surface area contributed by atoms with Crippen molar-refractivity contribution < 1.29 is 58.1 Å². The van der Waals surface area contributed by atoms with Gasteiger partial charge in [-0.3, -0.25) is 14.4 Å². The fourth-order valence-corrected chi connectivity index (χ4v) is 11.0. The van der Waals surface area contributed by atoms with E-state index in [-0.39, 0.29) is 54.2 Å². The molecule has 0 saturated carbocycles. The Kier molecular flexibility index (Phi) is 15.1. The number of aliphatic hydroxyl groups excluding tert-OH is 1. The van der Waals surface area contributed by atoms with Crippen LogP contribution in [0.1, 0.15) is 153 Å². The van der Waals surface area contributed by atoms with Crippen LogP contribution >= 0.6 is 0 Å². The molecule has 0 unspecified atom stereocenters. The lowest BCUT2D eigenvalue weighted by atomic mass is 9.72. The number of rotatable bonds is 15. The number of Topliss-reactive ketones (excluding diaryl/α,β-unsaturated/α-hetero) is 1. The molecule has 2 spiro atoms. The summed E-state index contributed by atoms with van der Waals surface area (Å²) in [5.41, 5.74) is -1.71. The molecular weight excluding hydrogens is 744 g/mol. The topological polar surface area (TPSA) is 167 Å². The quantitative estimate of drug-likeness (QED) is 0.110. The Labute approximate surface area is 347 Å². The molecule has 0 amide bonds. The zero-order chi connectivity index (χ0) is 43.0. The van der Waals surface area contributed by atoms with E-state index in [0.717, 1.165) is 6.42 Å². The number of hydrogen-bond donors (Lipinski definition) is 3. The van der Waals surface area contributed by atoms with E-state index in [9.17, 15) is 29.7 Å². The van der Waals surface area contributed by atoms with Crippen molar-refractivity contribution in [2.45, 2.75) is 219 Å². The van der Waals surface area contributed by atoms with Gasteiger partial charge < -0.3 is 43.7 Å². The van der Waals surface area contributed by atoms with Crippen LogP contribution in [-0.2, 0) is 42.8 Å². The van der Waals surface area contributed by atoms with Gasteiger partial charge in [-0.25, -0.2) is 0 Å². The standard InChI is InChI=1S/C46H76O12/c1-12-16-37(47)55-36-20-22-45(58-46(36)24-23-43(11,57-46)35-19-21-44(52,15-4)31(10)53-35)28(7)25-27(6)41(56-45)33(14-3)39(49)29(8)38(48)30(9)40-26(5)17-18-34(54-40)32(13-2)42(50)51/h20,22,26-36,38,40-41,48,52H,12-19,21,23-25H2,1-11H3,(H,50,51)/t26-,27-,28+,29-,30-,31-,32+,33-,34+,35+,36+,38+,40+,41-,43-,44+,45-,46-/m0/s1. The lowest BCUT2D eigenvalue weighted by Gasteiger charge is -2.54. The number of carboxylic acid groups (broad SMARTS) is 1. The summed E-state index contributed by atoms with van der Waals surface area (Å²) in [5, 5.41) is 32.8. The molecule has 58 heavy (non-hydrogen) atoms. The fourth-order valence-electron chi connectivity index (χ4n) is 11.0. The Balaban J connectivity index is 1.38. The molecule has 4 saturated heterocycles. The predicted molar refractivity (Wildman–Crippen MR) is 217 cm³/mol. The van der Waals surface area contributed by atoms with Crippen LogP contribution in [0, 0.1) is 41.4 Å². The molecule has 5 heterocycles. The monoisotopic (exact) mass is 821 g/mol. The van der Waals surface area contributed by atoms with E-state index in [0.29, 0.717) is 64.2 Å². The van der Waals surface area contributed by atoms with Crippen LogP contribution in [0.3, 0.4) is 0 Å². The summed E-state index contributed by atoms with van der Waals surface area (Å²) in [5.74, 6) is -6.37.